The fraction of sp³-hybridized carbons (Fsp3) is 0.429. The number of ether oxygens (including phenoxy) is 1. The number of hydrogen-bond acceptors (Lipinski definition) is 5. The summed E-state index contributed by atoms with van der Waals surface area (Å²) in [6.45, 7) is 11.7. The molecule has 0 atom stereocenters. The van der Waals surface area contributed by atoms with Crippen LogP contribution in [0.15, 0.2) is 66.9 Å². The van der Waals surface area contributed by atoms with E-state index in [0.717, 1.165) is 106 Å². The lowest BCUT2D eigenvalue weighted by Gasteiger charge is -2.35. The maximum Gasteiger partial charge on any atom is 0.573 e. The zero-order chi connectivity index (χ0) is 32.7. The molecule has 0 aliphatic carbocycles. The molecule has 0 radical (unpaired) electrons. The molecule has 0 unspecified atom stereocenters. The third kappa shape index (κ3) is 9.18. The van der Waals surface area contributed by atoms with Crippen molar-refractivity contribution < 1.29 is 17.9 Å². The smallest absolute Gasteiger partial charge is 0.406 e. The predicted octanol–water partition coefficient (Wildman–Crippen LogP) is 7.89. The summed E-state index contributed by atoms with van der Waals surface area (Å²) in [4.78, 5) is 7.23. The molecular formula is C35H42Cl2F3N5O. The minimum absolute atomic E-state index is 0.229. The maximum absolute atomic E-state index is 12.8. The van der Waals surface area contributed by atoms with Gasteiger partial charge in [-0.2, -0.15) is 0 Å². The Morgan fingerprint density at radius 1 is 0.870 bits per heavy atom. The first-order chi connectivity index (χ1) is 22.1. The molecule has 2 heterocycles. The first-order valence-corrected chi connectivity index (χ1v) is 16.7. The molecule has 1 aromatic heterocycles. The topological polar surface area (TPSA) is 49.9 Å². The van der Waals surface area contributed by atoms with E-state index in [9.17, 15) is 13.2 Å². The largest absolute Gasteiger partial charge is 0.573 e. The van der Waals surface area contributed by atoms with Gasteiger partial charge in [0.15, 0.2) is 0 Å². The Balaban J connectivity index is 1.32. The Hall–Kier alpha value is -2.79. The molecule has 0 amide bonds. The highest BCUT2D eigenvalue weighted by atomic mass is 35.5. The van der Waals surface area contributed by atoms with E-state index in [4.69, 9.17) is 28.9 Å². The van der Waals surface area contributed by atoms with Crippen LogP contribution in [0.5, 0.6) is 5.75 Å². The number of nitrogens with two attached hydrogens (primary N) is 1. The first kappa shape index (κ1) is 34.5. The molecular weight excluding hydrogens is 634 g/mol. The molecule has 1 saturated heterocycles. The van der Waals surface area contributed by atoms with Crippen LogP contribution in [0, 0.1) is 0 Å². The van der Waals surface area contributed by atoms with Crippen LogP contribution in [0.4, 0.5) is 13.2 Å². The highest BCUT2D eigenvalue weighted by molar-refractivity contribution is 6.35. The second kappa shape index (κ2) is 15.9. The molecule has 46 heavy (non-hydrogen) atoms. The summed E-state index contributed by atoms with van der Waals surface area (Å²) < 4.78 is 44.7. The molecule has 0 bridgehead atoms. The zero-order valence-electron chi connectivity index (χ0n) is 26.2. The van der Waals surface area contributed by atoms with E-state index in [1.54, 1.807) is 12.1 Å². The van der Waals surface area contributed by atoms with Gasteiger partial charge in [0, 0.05) is 97.2 Å². The summed E-state index contributed by atoms with van der Waals surface area (Å²) in [6.07, 6.45) is -0.555. The van der Waals surface area contributed by atoms with Gasteiger partial charge >= 0.3 is 6.36 Å². The van der Waals surface area contributed by atoms with Gasteiger partial charge in [-0.05, 0) is 73.5 Å². The lowest BCUT2D eigenvalue weighted by molar-refractivity contribution is -0.274. The highest BCUT2D eigenvalue weighted by Gasteiger charge is 2.31. The molecule has 0 saturated carbocycles. The third-order valence-electron chi connectivity index (χ3n) is 8.52. The third-order valence-corrected chi connectivity index (χ3v) is 9.23. The Morgan fingerprint density at radius 3 is 2.17 bits per heavy atom. The van der Waals surface area contributed by atoms with Crippen molar-refractivity contribution in [3.63, 3.8) is 0 Å². The molecule has 0 spiro atoms. The number of piperazine rings is 1. The SMILES string of the molecule is CCCN(CCN)CCCn1cc(-c2ccc(OC(F)(F)F)cc2)c2cc(CN3CCN(Cc4c(Cl)cccc4Cl)CC3)ccc21. The second-order valence-corrected chi connectivity index (χ2v) is 12.7. The summed E-state index contributed by atoms with van der Waals surface area (Å²) in [5, 5.41) is 2.48. The van der Waals surface area contributed by atoms with Gasteiger partial charge in [-0.3, -0.25) is 9.80 Å². The van der Waals surface area contributed by atoms with Crippen molar-refractivity contribution in [3.8, 4) is 16.9 Å². The van der Waals surface area contributed by atoms with Crippen LogP contribution < -0.4 is 10.5 Å². The lowest BCUT2D eigenvalue weighted by atomic mass is 10.0. The molecule has 1 fully saturated rings. The van der Waals surface area contributed by atoms with Crippen LogP contribution in [0.3, 0.4) is 0 Å². The number of benzene rings is 3. The van der Waals surface area contributed by atoms with E-state index in [0.29, 0.717) is 16.6 Å². The maximum atomic E-state index is 12.8. The number of nitrogens with zero attached hydrogens (tertiary/aromatic N) is 4. The molecule has 3 aromatic carbocycles. The number of alkyl halides is 3. The van der Waals surface area contributed by atoms with Gasteiger partial charge in [0.25, 0.3) is 0 Å². The van der Waals surface area contributed by atoms with Crippen molar-refractivity contribution in [2.75, 3.05) is 52.4 Å². The molecule has 1 aliphatic heterocycles. The number of aryl methyl sites for hydroxylation is 1. The number of hydrogen-bond donors (Lipinski definition) is 1. The Labute approximate surface area is 279 Å². The molecule has 2 N–H and O–H groups in total. The van der Waals surface area contributed by atoms with E-state index in [1.165, 1.54) is 17.7 Å². The Bertz CT molecular complexity index is 1540. The van der Waals surface area contributed by atoms with Crippen LogP contribution >= 0.6 is 23.2 Å². The fourth-order valence-electron chi connectivity index (χ4n) is 6.26. The quantitative estimate of drug-likeness (QED) is 0.147. The summed E-state index contributed by atoms with van der Waals surface area (Å²) in [6, 6.07) is 18.4. The minimum atomic E-state index is -4.73. The van der Waals surface area contributed by atoms with Crippen molar-refractivity contribution in [1.29, 1.82) is 0 Å². The first-order valence-electron chi connectivity index (χ1n) is 15.9. The van der Waals surface area contributed by atoms with Gasteiger partial charge < -0.3 is 19.9 Å². The van der Waals surface area contributed by atoms with E-state index >= 15 is 0 Å². The van der Waals surface area contributed by atoms with E-state index in [1.807, 2.05) is 18.2 Å². The molecule has 1 aliphatic rings. The van der Waals surface area contributed by atoms with Crippen molar-refractivity contribution >= 4 is 34.1 Å². The number of halogens is 5. The summed E-state index contributed by atoms with van der Waals surface area (Å²) in [7, 11) is 0. The van der Waals surface area contributed by atoms with Gasteiger partial charge in [0.2, 0.25) is 0 Å². The van der Waals surface area contributed by atoms with Crippen molar-refractivity contribution in [2.45, 2.75) is 45.8 Å². The van der Waals surface area contributed by atoms with Gasteiger partial charge in [0.05, 0.1) is 0 Å². The molecule has 5 rings (SSSR count). The van der Waals surface area contributed by atoms with Crippen molar-refractivity contribution in [1.82, 2.24) is 19.3 Å². The van der Waals surface area contributed by atoms with Crippen molar-refractivity contribution in [3.05, 3.63) is 88.0 Å². The average molecular weight is 677 g/mol. The number of rotatable bonds is 14. The van der Waals surface area contributed by atoms with Crippen LogP contribution in [-0.4, -0.2) is 78.0 Å². The molecule has 6 nitrogen and oxygen atoms in total. The molecule has 11 heteroatoms. The zero-order valence-corrected chi connectivity index (χ0v) is 27.7. The fourth-order valence-corrected chi connectivity index (χ4v) is 6.78. The summed E-state index contributed by atoms with van der Waals surface area (Å²) in [5.41, 5.74) is 10.9. The van der Waals surface area contributed by atoms with Crippen molar-refractivity contribution in [2.24, 2.45) is 5.73 Å². The van der Waals surface area contributed by atoms with Crippen LogP contribution in [-0.2, 0) is 19.6 Å². The van der Waals surface area contributed by atoms with Crippen LogP contribution in [0.25, 0.3) is 22.0 Å². The summed E-state index contributed by atoms with van der Waals surface area (Å²) in [5.74, 6) is -0.229. The van der Waals surface area contributed by atoms with Gasteiger partial charge in [-0.25, -0.2) is 0 Å². The highest BCUT2D eigenvalue weighted by Crippen LogP contribution is 2.34. The van der Waals surface area contributed by atoms with Gasteiger partial charge in [-0.15, -0.1) is 13.2 Å². The Kier molecular flexibility index (Phi) is 11.9. The van der Waals surface area contributed by atoms with Crippen LogP contribution in [0.2, 0.25) is 10.0 Å². The average Bonchev–Trinajstić information content (AvgIpc) is 3.37. The normalized spacial score (nSPS) is 14.9. The van der Waals surface area contributed by atoms with Gasteiger partial charge in [-0.1, -0.05) is 54.4 Å². The predicted molar refractivity (Wildman–Crippen MR) is 181 cm³/mol. The number of fused-ring (bicyclic) bond motifs is 1. The monoisotopic (exact) mass is 675 g/mol. The van der Waals surface area contributed by atoms with Crippen LogP contribution in [0.1, 0.15) is 30.9 Å². The Morgan fingerprint density at radius 2 is 1.54 bits per heavy atom. The summed E-state index contributed by atoms with van der Waals surface area (Å²) >= 11 is 12.8. The number of aromatic nitrogens is 1. The molecule has 248 valence electrons. The minimum Gasteiger partial charge on any atom is -0.406 e. The standard InChI is InChI=1S/C35H42Cl2F3N5O/c1-2-14-42(17-13-41)15-4-16-45-25-30(27-8-10-28(11-9-27)46-35(38,39)40)29-22-26(7-12-34(29)45)23-43-18-20-44(21-19-43)24-31-32(36)5-3-6-33(31)37/h3,5-12,22,25H,2,4,13-21,23-24,41H2,1H3. The molecule has 4 aromatic rings. The second-order valence-electron chi connectivity index (χ2n) is 11.9. The van der Waals surface area contributed by atoms with E-state index in [-0.39, 0.29) is 5.75 Å². The van der Waals surface area contributed by atoms with E-state index in [2.05, 4.69) is 55.3 Å². The van der Waals surface area contributed by atoms with E-state index < -0.39 is 6.36 Å². The lowest BCUT2D eigenvalue weighted by Crippen LogP contribution is -2.45. The van der Waals surface area contributed by atoms with Gasteiger partial charge in [0.1, 0.15) is 5.75 Å².